The molecule has 0 aromatic rings. The van der Waals surface area contributed by atoms with E-state index in [1.807, 2.05) is 0 Å². The maximum Gasteiger partial charge on any atom is 2.00 e. The smallest absolute Gasteiger partial charge is 0.550 e. The molecule has 0 atom stereocenters. The Kier molecular flexibility index (Phi) is 88.8. The number of rotatable bonds is 60. The average Bonchev–Trinajstić information content (AvgIpc) is 3.36. The Morgan fingerprint density at radius 1 is 0.189 bits per heavy atom. The van der Waals surface area contributed by atoms with Crippen molar-refractivity contribution >= 4 is 41.0 Å². The summed E-state index contributed by atoms with van der Waals surface area (Å²) in [5.41, 5.74) is 0. The molecule has 0 aliphatic carbocycles. The van der Waals surface area contributed by atoms with Gasteiger partial charge in [0.05, 0.1) is 0 Å². The number of hydrogen-bond donors (Lipinski definition) is 0. The molecule has 0 saturated heterocycles. The second kappa shape index (κ2) is 79.4. The van der Waals surface area contributed by atoms with Crippen molar-refractivity contribution in [1.29, 1.82) is 0 Å². The maximum absolute atomic E-state index is 10.3. The molecule has 0 N–H and O–H groups in total. The Morgan fingerprint density at radius 3 is 0.351 bits per heavy atom. The van der Waals surface area contributed by atoms with E-state index in [0.29, 0.717) is 0 Å². The fraction of sp³-hybridized carbons (Fsp3) is 0.955. The van der Waals surface area contributed by atoms with Crippen molar-refractivity contribution in [2.24, 2.45) is 0 Å². The van der Waals surface area contributed by atoms with Crippen LogP contribution in [0.25, 0.3) is 0 Å². The molecule has 0 rings (SSSR count). The van der Waals surface area contributed by atoms with Gasteiger partial charge in [0.25, 0.3) is 0 Å². The van der Waals surface area contributed by atoms with Gasteiger partial charge in [-0.2, -0.15) is 0 Å². The molecule has 442 valence electrons. The van der Waals surface area contributed by atoms with E-state index in [9.17, 15) is 29.7 Å². The third-order valence-corrected chi connectivity index (χ3v) is 15.0. The predicted molar refractivity (Wildman–Crippen MR) is 315 cm³/mol. The molecule has 0 bridgehead atoms. The normalized spacial score (nSPS) is 10.7. The van der Waals surface area contributed by atoms with Crippen LogP contribution in [0, 0.1) is 0 Å². The zero-order chi connectivity index (χ0) is 53.2. The van der Waals surface area contributed by atoms with E-state index in [1.54, 1.807) is 0 Å². The Labute approximate surface area is 495 Å². The van der Waals surface area contributed by atoms with Crippen LogP contribution < -0.4 is 15.3 Å². The summed E-state index contributed by atoms with van der Waals surface area (Å²) in [7, 11) is 0. The maximum atomic E-state index is 10.3. The van der Waals surface area contributed by atoms with Crippen LogP contribution in [0.15, 0.2) is 0 Å². The predicted octanol–water partition coefficient (Wildman–Crippen LogP) is 19.3. The van der Waals surface area contributed by atoms with E-state index in [2.05, 4.69) is 20.8 Å². The minimum absolute atomic E-state index is 0. The monoisotopic (exact) mass is 1150 g/mol. The summed E-state index contributed by atoms with van der Waals surface area (Å²) >= 11 is 0. The number of hydrogen-bond acceptors (Lipinski definition) is 6. The second-order valence-corrected chi connectivity index (χ2v) is 22.5. The molecule has 0 aliphatic rings. The first-order valence-corrected chi connectivity index (χ1v) is 32.9. The summed E-state index contributed by atoms with van der Waals surface area (Å²) in [6.45, 7) is 6.84. The molecule has 0 fully saturated rings. The summed E-state index contributed by atoms with van der Waals surface area (Å²) in [4.78, 5) is 30.8. The molecule has 0 aliphatic heterocycles. The van der Waals surface area contributed by atoms with Gasteiger partial charge < -0.3 is 29.7 Å². The quantitative estimate of drug-likeness (QED) is 0.0442. The summed E-state index contributed by atoms with van der Waals surface area (Å²) in [5.74, 6) is -2.70. The van der Waals surface area contributed by atoms with Crippen LogP contribution >= 0.6 is 0 Å². The number of carboxylic acids is 3. The molecule has 6 nitrogen and oxygen atoms in total. The number of aliphatic carboxylic acids is 3. The van der Waals surface area contributed by atoms with Gasteiger partial charge in [0, 0.05) is 17.9 Å². The summed E-state index contributed by atoms with van der Waals surface area (Å²) in [6.07, 6.45) is 77.2. The van der Waals surface area contributed by atoms with E-state index in [1.165, 1.54) is 327 Å². The van der Waals surface area contributed by atoms with Crippen LogP contribution in [0.1, 0.15) is 406 Å². The van der Waals surface area contributed by atoms with Gasteiger partial charge in [0.15, 0.2) is 0 Å². The summed E-state index contributed by atoms with van der Waals surface area (Å²) in [6, 6.07) is 0. The molecule has 0 amide bonds. The summed E-state index contributed by atoms with van der Waals surface area (Å²) in [5, 5.41) is 30.8. The van der Waals surface area contributed by atoms with E-state index < -0.39 is 17.9 Å². The van der Waals surface area contributed by atoms with Crippen LogP contribution in [0.2, 0.25) is 0 Å². The number of unbranched alkanes of at least 4 members (excludes halogenated alkanes) is 54. The molecule has 0 spiro atoms. The molecular weight excluding hydrogens is 1020 g/mol. The van der Waals surface area contributed by atoms with Gasteiger partial charge in [-0.1, -0.05) is 367 Å². The van der Waals surface area contributed by atoms with Gasteiger partial charge in [0.2, 0.25) is 0 Å². The number of carbonyl (C=O) groups excluding carboxylic acids is 3. The van der Waals surface area contributed by atoms with Gasteiger partial charge in [-0.25, -0.2) is 0 Å². The molecular formula is C66H129AgMgO6. The first-order valence-electron chi connectivity index (χ1n) is 32.9. The molecule has 74 heavy (non-hydrogen) atoms. The van der Waals surface area contributed by atoms with E-state index in [0.717, 1.165) is 38.5 Å². The van der Waals surface area contributed by atoms with Crippen molar-refractivity contribution in [1.82, 2.24) is 0 Å². The van der Waals surface area contributed by atoms with Gasteiger partial charge in [-0.05, 0) is 38.5 Å². The first-order chi connectivity index (χ1) is 35.3. The molecule has 0 unspecified atom stereocenters. The molecule has 8 heteroatoms. The van der Waals surface area contributed by atoms with Crippen LogP contribution in [0.3, 0.4) is 0 Å². The van der Waals surface area contributed by atoms with Crippen LogP contribution in [-0.4, -0.2) is 41.0 Å². The van der Waals surface area contributed by atoms with Crippen LogP contribution in [0.4, 0.5) is 0 Å². The van der Waals surface area contributed by atoms with Crippen molar-refractivity contribution < 1.29 is 52.1 Å². The first kappa shape index (κ1) is 82.7. The van der Waals surface area contributed by atoms with Crippen LogP contribution in [-0.2, 0) is 36.8 Å². The number of carboxylic acid groups (broad SMARTS) is 3. The fourth-order valence-electron chi connectivity index (χ4n) is 10.0. The standard InChI is InChI=1S/3C22H44O2.Ag.Mg/c3*1-2-3-4-5-6-7-8-9-10-11-12-13-14-15-16-17-18-19-20-21-22(23)24;;/h3*2-21H2,1H3,(H,23,24);;/q;;;+1;+2/p-3. The molecule has 0 saturated carbocycles. The van der Waals surface area contributed by atoms with Gasteiger partial charge in [0.1, 0.15) is 0 Å². The van der Waals surface area contributed by atoms with E-state index in [4.69, 9.17) is 0 Å². The van der Waals surface area contributed by atoms with Gasteiger partial charge in [-0.3, -0.25) is 0 Å². The van der Waals surface area contributed by atoms with Gasteiger partial charge >= 0.3 is 45.4 Å². The SMILES string of the molecule is CCCCCCCCCCCCCCCCCCCCCC(=O)[O-].CCCCCCCCCCCCCCCCCCCCCC(=O)[O-].CCCCCCCCCCCCCCCCCCCCCC(=O)[O-].[Ag+].[Mg+2]. The van der Waals surface area contributed by atoms with Crippen molar-refractivity contribution in [2.45, 2.75) is 406 Å². The van der Waals surface area contributed by atoms with Crippen molar-refractivity contribution in [3.8, 4) is 0 Å². The third-order valence-electron chi connectivity index (χ3n) is 15.0. The molecule has 0 aromatic carbocycles. The Bertz CT molecular complexity index is 890. The second-order valence-electron chi connectivity index (χ2n) is 22.5. The van der Waals surface area contributed by atoms with Crippen molar-refractivity contribution in [3.05, 3.63) is 0 Å². The number of carbonyl (C=O) groups is 3. The zero-order valence-corrected chi connectivity index (χ0v) is 53.3. The Hall–Kier alpha value is -0.0835. The largest absolute Gasteiger partial charge is 2.00 e. The average molecular weight is 1150 g/mol. The third kappa shape index (κ3) is 91.4. The topological polar surface area (TPSA) is 120 Å². The Balaban J connectivity index is -0.000000317. The molecule has 0 radical (unpaired) electrons. The zero-order valence-electron chi connectivity index (χ0n) is 50.4. The summed E-state index contributed by atoms with van der Waals surface area (Å²) < 4.78 is 0. The Morgan fingerprint density at radius 2 is 0.270 bits per heavy atom. The molecule has 0 heterocycles. The van der Waals surface area contributed by atoms with Crippen LogP contribution in [0.5, 0.6) is 0 Å². The van der Waals surface area contributed by atoms with E-state index >= 15 is 0 Å². The van der Waals surface area contributed by atoms with Gasteiger partial charge in [-0.15, -0.1) is 0 Å². The molecule has 0 aromatic heterocycles. The fourth-order valence-corrected chi connectivity index (χ4v) is 10.0. The minimum atomic E-state index is -0.901. The van der Waals surface area contributed by atoms with Crippen molar-refractivity contribution in [3.63, 3.8) is 0 Å². The van der Waals surface area contributed by atoms with Crippen molar-refractivity contribution in [2.75, 3.05) is 0 Å². The van der Waals surface area contributed by atoms with E-state index in [-0.39, 0.29) is 64.7 Å². The minimum Gasteiger partial charge on any atom is -0.550 e.